The molecule has 1 fully saturated rings. The molecule has 0 aliphatic carbocycles. The number of hydrogen-bond donors (Lipinski definition) is 1. The normalized spacial score (nSPS) is 20.4. The maximum Gasteiger partial charge on any atom is 0.240 e. The zero-order valence-electron chi connectivity index (χ0n) is 16.2. The molecule has 1 aliphatic rings. The second-order valence-corrected chi connectivity index (χ2v) is 8.56. The van der Waals surface area contributed by atoms with Crippen LogP contribution in [-0.2, 0) is 16.0 Å². The van der Waals surface area contributed by atoms with E-state index in [1.165, 1.54) is 16.3 Å². The molecule has 146 valence electrons. The lowest BCUT2D eigenvalue weighted by molar-refractivity contribution is -0.121. The molecule has 0 bridgehead atoms. The highest BCUT2D eigenvalue weighted by molar-refractivity contribution is 7.15. The molecule has 2 unspecified atom stereocenters. The van der Waals surface area contributed by atoms with E-state index in [0.717, 1.165) is 24.4 Å². The maximum atomic E-state index is 12.4. The van der Waals surface area contributed by atoms with Crippen LogP contribution in [0.3, 0.4) is 0 Å². The zero-order chi connectivity index (χ0) is 19.5. The number of aromatic nitrogens is 1. The number of nitrogens with one attached hydrogen (secondary N) is 1. The molecule has 1 saturated heterocycles. The molecule has 2 atom stereocenters. The van der Waals surface area contributed by atoms with Gasteiger partial charge in [0.2, 0.25) is 5.91 Å². The van der Waals surface area contributed by atoms with Gasteiger partial charge in [-0.3, -0.25) is 9.69 Å². The Bertz CT molecular complexity index is 956. The van der Waals surface area contributed by atoms with Gasteiger partial charge in [0.15, 0.2) is 5.13 Å². The van der Waals surface area contributed by atoms with Gasteiger partial charge in [-0.05, 0) is 30.2 Å². The van der Waals surface area contributed by atoms with Gasteiger partial charge in [-0.15, -0.1) is 11.3 Å². The molecular formula is C22H25N3O2S. The minimum Gasteiger partial charge on any atom is -0.373 e. The number of nitrogens with zero attached hydrogens (tertiary/aromatic N) is 2. The predicted octanol–water partition coefficient (Wildman–Crippen LogP) is 3.93. The summed E-state index contributed by atoms with van der Waals surface area (Å²) in [6.07, 6.45) is 2.99. The number of anilines is 1. The van der Waals surface area contributed by atoms with Gasteiger partial charge in [-0.1, -0.05) is 42.5 Å². The van der Waals surface area contributed by atoms with Crippen LogP contribution in [0.25, 0.3) is 10.8 Å². The molecule has 0 saturated carbocycles. The molecule has 1 aromatic heterocycles. The molecular weight excluding hydrogens is 370 g/mol. The highest BCUT2D eigenvalue weighted by Crippen LogP contribution is 2.25. The number of fused-ring (bicyclic) bond motifs is 1. The summed E-state index contributed by atoms with van der Waals surface area (Å²) in [6, 6.07) is 14.8. The van der Waals surface area contributed by atoms with Gasteiger partial charge in [0.25, 0.3) is 0 Å². The van der Waals surface area contributed by atoms with E-state index in [2.05, 4.69) is 57.7 Å². The van der Waals surface area contributed by atoms with E-state index in [9.17, 15) is 4.79 Å². The number of carbonyl (C=O) groups excluding carboxylic acids is 1. The van der Waals surface area contributed by atoms with E-state index in [-0.39, 0.29) is 18.1 Å². The molecule has 1 aliphatic heterocycles. The Morgan fingerprint density at radius 1 is 1.18 bits per heavy atom. The fourth-order valence-electron chi connectivity index (χ4n) is 3.86. The SMILES string of the molecule is CC1CN(CC(=O)Nc2ncc(Cc3cccc4ccccc34)s2)CC(C)O1. The first-order valence-electron chi connectivity index (χ1n) is 9.66. The van der Waals surface area contributed by atoms with Crippen molar-refractivity contribution in [3.05, 3.63) is 59.1 Å². The van der Waals surface area contributed by atoms with Gasteiger partial charge < -0.3 is 10.1 Å². The summed E-state index contributed by atoms with van der Waals surface area (Å²) in [5, 5.41) is 6.12. The minimum absolute atomic E-state index is 0.0210. The van der Waals surface area contributed by atoms with Crippen LogP contribution in [-0.4, -0.2) is 47.6 Å². The highest BCUT2D eigenvalue weighted by Gasteiger charge is 2.23. The molecule has 6 heteroatoms. The lowest BCUT2D eigenvalue weighted by Crippen LogP contribution is -2.48. The largest absolute Gasteiger partial charge is 0.373 e. The van der Waals surface area contributed by atoms with Crippen molar-refractivity contribution in [2.45, 2.75) is 32.5 Å². The van der Waals surface area contributed by atoms with Crippen molar-refractivity contribution < 1.29 is 9.53 Å². The quantitative estimate of drug-likeness (QED) is 0.711. The van der Waals surface area contributed by atoms with Crippen molar-refractivity contribution in [1.82, 2.24) is 9.88 Å². The molecule has 0 spiro atoms. The molecule has 1 N–H and O–H groups in total. The topological polar surface area (TPSA) is 54.5 Å². The van der Waals surface area contributed by atoms with Crippen molar-refractivity contribution in [1.29, 1.82) is 0 Å². The molecule has 0 radical (unpaired) electrons. The summed E-state index contributed by atoms with van der Waals surface area (Å²) >= 11 is 1.54. The van der Waals surface area contributed by atoms with Gasteiger partial charge in [0, 0.05) is 30.6 Å². The number of amides is 1. The van der Waals surface area contributed by atoms with Gasteiger partial charge in [-0.2, -0.15) is 0 Å². The predicted molar refractivity (Wildman–Crippen MR) is 114 cm³/mol. The van der Waals surface area contributed by atoms with Crippen molar-refractivity contribution in [2.75, 3.05) is 25.0 Å². The standard InChI is InChI=1S/C22H25N3O2S/c1-15-12-25(13-16(2)27-15)14-21(26)24-22-23-11-19(28-22)10-18-8-5-7-17-6-3-4-9-20(17)18/h3-9,11,15-16H,10,12-14H2,1-2H3,(H,23,24,26). The molecule has 2 aromatic carbocycles. The second kappa shape index (κ2) is 8.39. The summed E-state index contributed by atoms with van der Waals surface area (Å²) in [7, 11) is 0. The fourth-order valence-corrected chi connectivity index (χ4v) is 4.71. The number of hydrogen-bond acceptors (Lipinski definition) is 5. The molecule has 3 aromatic rings. The average molecular weight is 396 g/mol. The zero-order valence-corrected chi connectivity index (χ0v) is 17.0. The Kier molecular flexibility index (Phi) is 5.71. The Labute approximate surface area is 169 Å². The van der Waals surface area contributed by atoms with E-state index >= 15 is 0 Å². The minimum atomic E-state index is -0.0210. The Hall–Kier alpha value is -2.28. The number of ether oxygens (including phenoxy) is 1. The monoisotopic (exact) mass is 395 g/mol. The van der Waals surface area contributed by atoms with Crippen LogP contribution < -0.4 is 5.32 Å². The van der Waals surface area contributed by atoms with Crippen molar-refractivity contribution in [2.24, 2.45) is 0 Å². The van der Waals surface area contributed by atoms with Gasteiger partial charge >= 0.3 is 0 Å². The summed E-state index contributed by atoms with van der Waals surface area (Å²) in [5.74, 6) is -0.0210. The third-order valence-electron chi connectivity index (χ3n) is 4.91. The van der Waals surface area contributed by atoms with Crippen molar-refractivity contribution in [3.8, 4) is 0 Å². The summed E-state index contributed by atoms with van der Waals surface area (Å²) in [4.78, 5) is 20.1. The van der Waals surface area contributed by atoms with Gasteiger partial charge in [0.1, 0.15) is 0 Å². The van der Waals surface area contributed by atoms with E-state index in [1.807, 2.05) is 20.0 Å². The number of benzene rings is 2. The smallest absolute Gasteiger partial charge is 0.240 e. The van der Waals surface area contributed by atoms with Gasteiger partial charge in [0.05, 0.1) is 18.8 Å². The lowest BCUT2D eigenvalue weighted by atomic mass is 10.0. The van der Waals surface area contributed by atoms with Crippen LogP contribution in [0.15, 0.2) is 48.7 Å². The first kappa shape index (κ1) is 19.1. The Morgan fingerprint density at radius 2 is 1.93 bits per heavy atom. The Balaban J connectivity index is 1.38. The van der Waals surface area contributed by atoms with E-state index in [0.29, 0.717) is 11.7 Å². The van der Waals surface area contributed by atoms with Crippen molar-refractivity contribution >= 4 is 33.1 Å². The van der Waals surface area contributed by atoms with Crippen LogP contribution in [0, 0.1) is 0 Å². The van der Waals surface area contributed by atoms with Crippen LogP contribution in [0.4, 0.5) is 5.13 Å². The number of carbonyl (C=O) groups is 1. The first-order chi connectivity index (χ1) is 13.6. The van der Waals surface area contributed by atoms with Crippen LogP contribution in [0.5, 0.6) is 0 Å². The maximum absolute atomic E-state index is 12.4. The third kappa shape index (κ3) is 4.58. The molecule has 5 nitrogen and oxygen atoms in total. The number of morpholine rings is 1. The highest BCUT2D eigenvalue weighted by atomic mass is 32.1. The van der Waals surface area contributed by atoms with Crippen LogP contribution in [0.1, 0.15) is 24.3 Å². The molecule has 28 heavy (non-hydrogen) atoms. The lowest BCUT2D eigenvalue weighted by Gasteiger charge is -2.34. The molecule has 4 rings (SSSR count). The summed E-state index contributed by atoms with van der Waals surface area (Å²) in [5.41, 5.74) is 1.27. The summed E-state index contributed by atoms with van der Waals surface area (Å²) in [6.45, 7) is 6.02. The fraction of sp³-hybridized carbons (Fsp3) is 0.364. The van der Waals surface area contributed by atoms with E-state index in [4.69, 9.17) is 4.74 Å². The Morgan fingerprint density at radius 3 is 2.75 bits per heavy atom. The molecule has 1 amide bonds. The average Bonchev–Trinajstić information content (AvgIpc) is 3.08. The first-order valence-corrected chi connectivity index (χ1v) is 10.5. The number of thiazole rings is 1. The van der Waals surface area contributed by atoms with E-state index < -0.39 is 0 Å². The summed E-state index contributed by atoms with van der Waals surface area (Å²) < 4.78 is 5.72. The van der Waals surface area contributed by atoms with Crippen LogP contribution >= 0.6 is 11.3 Å². The second-order valence-electron chi connectivity index (χ2n) is 7.45. The van der Waals surface area contributed by atoms with Crippen LogP contribution in [0.2, 0.25) is 0 Å². The van der Waals surface area contributed by atoms with Gasteiger partial charge in [-0.25, -0.2) is 4.98 Å². The molecule has 2 heterocycles. The number of rotatable bonds is 5. The van der Waals surface area contributed by atoms with Crippen molar-refractivity contribution in [3.63, 3.8) is 0 Å². The third-order valence-corrected chi connectivity index (χ3v) is 5.82. The van der Waals surface area contributed by atoms with E-state index in [1.54, 1.807) is 11.3 Å².